The van der Waals surface area contributed by atoms with Gasteiger partial charge in [0.15, 0.2) is 11.6 Å². The SMILES string of the molecule is Cl.Nc1cccc(Nc2ncc(F)c(Nc3cccc(N)c3)n2)c1. The van der Waals surface area contributed by atoms with Crippen molar-refractivity contribution in [1.82, 2.24) is 9.97 Å². The summed E-state index contributed by atoms with van der Waals surface area (Å²) in [6.07, 6.45) is 1.09. The summed E-state index contributed by atoms with van der Waals surface area (Å²) in [5.41, 5.74) is 14.0. The molecule has 6 nitrogen and oxygen atoms in total. The molecule has 0 radical (unpaired) electrons. The van der Waals surface area contributed by atoms with E-state index in [0.29, 0.717) is 22.7 Å². The molecular formula is C16H16ClFN6. The monoisotopic (exact) mass is 346 g/mol. The van der Waals surface area contributed by atoms with Crippen LogP contribution in [0.3, 0.4) is 0 Å². The highest BCUT2D eigenvalue weighted by molar-refractivity contribution is 5.85. The van der Waals surface area contributed by atoms with Crippen LogP contribution in [0.15, 0.2) is 54.7 Å². The van der Waals surface area contributed by atoms with E-state index in [4.69, 9.17) is 11.5 Å². The van der Waals surface area contributed by atoms with E-state index in [0.717, 1.165) is 6.20 Å². The number of hydrogen-bond donors (Lipinski definition) is 4. The zero-order chi connectivity index (χ0) is 16.2. The lowest BCUT2D eigenvalue weighted by atomic mass is 10.3. The van der Waals surface area contributed by atoms with Crippen LogP contribution >= 0.6 is 12.4 Å². The molecule has 1 heterocycles. The number of aromatic nitrogens is 2. The first kappa shape index (κ1) is 17.3. The molecule has 0 aliphatic rings. The van der Waals surface area contributed by atoms with Gasteiger partial charge < -0.3 is 22.1 Å². The van der Waals surface area contributed by atoms with Gasteiger partial charge in [0.05, 0.1) is 6.20 Å². The molecule has 3 aromatic rings. The van der Waals surface area contributed by atoms with Crippen molar-refractivity contribution in [2.24, 2.45) is 0 Å². The molecule has 0 atom stereocenters. The lowest BCUT2D eigenvalue weighted by Crippen LogP contribution is -2.03. The molecule has 0 aliphatic heterocycles. The highest BCUT2D eigenvalue weighted by Gasteiger charge is 2.08. The standard InChI is InChI=1S/C16H15FN6.ClH/c17-14-9-20-16(22-13-6-2-4-11(19)8-13)23-15(14)21-12-5-1-3-10(18)7-12;/h1-9H,18-19H2,(H2,20,21,22,23);1H. The zero-order valence-corrected chi connectivity index (χ0v) is 13.3. The van der Waals surface area contributed by atoms with Crippen molar-refractivity contribution in [2.75, 3.05) is 22.1 Å². The van der Waals surface area contributed by atoms with Crippen LogP contribution in [0.4, 0.5) is 38.9 Å². The normalized spacial score (nSPS) is 9.88. The van der Waals surface area contributed by atoms with Crippen LogP contribution in [-0.4, -0.2) is 9.97 Å². The fraction of sp³-hybridized carbons (Fsp3) is 0. The molecule has 1 aromatic heterocycles. The maximum absolute atomic E-state index is 13.9. The summed E-state index contributed by atoms with van der Waals surface area (Å²) in [5.74, 6) is -0.258. The fourth-order valence-electron chi connectivity index (χ4n) is 2.01. The van der Waals surface area contributed by atoms with Crippen LogP contribution in [0.2, 0.25) is 0 Å². The van der Waals surface area contributed by atoms with Crippen LogP contribution in [0.5, 0.6) is 0 Å². The Balaban J connectivity index is 0.00000208. The van der Waals surface area contributed by atoms with Crippen molar-refractivity contribution in [1.29, 1.82) is 0 Å². The van der Waals surface area contributed by atoms with E-state index < -0.39 is 5.82 Å². The van der Waals surface area contributed by atoms with E-state index in [-0.39, 0.29) is 24.2 Å². The van der Waals surface area contributed by atoms with E-state index in [1.165, 1.54) is 0 Å². The van der Waals surface area contributed by atoms with Crippen molar-refractivity contribution < 1.29 is 4.39 Å². The van der Waals surface area contributed by atoms with Crippen molar-refractivity contribution in [3.8, 4) is 0 Å². The number of nitrogens with zero attached hydrogens (tertiary/aromatic N) is 2. The summed E-state index contributed by atoms with van der Waals surface area (Å²) in [5, 5.41) is 5.86. The molecule has 0 saturated carbocycles. The minimum absolute atomic E-state index is 0. The number of benzene rings is 2. The predicted molar refractivity (Wildman–Crippen MR) is 97.5 cm³/mol. The molecular weight excluding hydrogens is 331 g/mol. The van der Waals surface area contributed by atoms with E-state index in [1.54, 1.807) is 42.5 Å². The van der Waals surface area contributed by atoms with Gasteiger partial charge in [-0.05, 0) is 36.4 Å². The minimum atomic E-state index is -0.564. The molecule has 0 bridgehead atoms. The highest BCUT2D eigenvalue weighted by atomic mass is 35.5. The van der Waals surface area contributed by atoms with Gasteiger partial charge in [-0.2, -0.15) is 4.98 Å². The molecule has 0 spiro atoms. The number of halogens is 2. The van der Waals surface area contributed by atoms with Gasteiger partial charge in [-0.15, -0.1) is 12.4 Å². The molecule has 0 unspecified atom stereocenters. The molecule has 3 rings (SSSR count). The first-order valence-electron chi connectivity index (χ1n) is 6.88. The van der Waals surface area contributed by atoms with Crippen molar-refractivity contribution in [3.05, 3.63) is 60.5 Å². The van der Waals surface area contributed by atoms with E-state index >= 15 is 0 Å². The number of nitrogens with one attached hydrogen (secondary N) is 2. The first-order chi connectivity index (χ1) is 11.1. The third kappa shape index (κ3) is 4.23. The van der Waals surface area contributed by atoms with Crippen molar-refractivity contribution in [3.63, 3.8) is 0 Å². The first-order valence-corrected chi connectivity index (χ1v) is 6.88. The van der Waals surface area contributed by atoms with Gasteiger partial charge in [0.25, 0.3) is 0 Å². The lowest BCUT2D eigenvalue weighted by Gasteiger charge is -2.10. The van der Waals surface area contributed by atoms with Crippen LogP contribution in [0.1, 0.15) is 0 Å². The summed E-state index contributed by atoms with van der Waals surface area (Å²) < 4.78 is 13.9. The molecule has 24 heavy (non-hydrogen) atoms. The lowest BCUT2D eigenvalue weighted by molar-refractivity contribution is 0.619. The number of anilines is 6. The maximum Gasteiger partial charge on any atom is 0.229 e. The molecule has 8 heteroatoms. The third-order valence-corrected chi connectivity index (χ3v) is 3.04. The Bertz CT molecular complexity index is 842. The van der Waals surface area contributed by atoms with Gasteiger partial charge in [0, 0.05) is 22.7 Å². The number of nitrogen functional groups attached to an aromatic ring is 2. The Hall–Kier alpha value is -3.06. The summed E-state index contributed by atoms with van der Waals surface area (Å²) >= 11 is 0. The molecule has 0 aliphatic carbocycles. The molecule has 0 fully saturated rings. The van der Waals surface area contributed by atoms with Gasteiger partial charge in [-0.1, -0.05) is 12.1 Å². The van der Waals surface area contributed by atoms with E-state index in [2.05, 4.69) is 20.6 Å². The van der Waals surface area contributed by atoms with Crippen LogP contribution in [0.25, 0.3) is 0 Å². The van der Waals surface area contributed by atoms with Crippen LogP contribution in [0, 0.1) is 5.82 Å². The van der Waals surface area contributed by atoms with Gasteiger partial charge in [-0.25, -0.2) is 9.37 Å². The Labute approximate surface area is 144 Å². The number of nitrogens with two attached hydrogens (primary N) is 2. The Morgan fingerprint density at radius 3 is 2.04 bits per heavy atom. The van der Waals surface area contributed by atoms with Crippen molar-refractivity contribution in [2.45, 2.75) is 0 Å². The summed E-state index contributed by atoms with van der Waals surface area (Å²) in [6.45, 7) is 0. The van der Waals surface area contributed by atoms with Crippen molar-refractivity contribution >= 4 is 46.9 Å². The number of rotatable bonds is 4. The quantitative estimate of drug-likeness (QED) is 0.537. The third-order valence-electron chi connectivity index (χ3n) is 3.04. The second kappa shape index (κ2) is 7.47. The van der Waals surface area contributed by atoms with Crippen LogP contribution < -0.4 is 22.1 Å². The summed E-state index contributed by atoms with van der Waals surface area (Å²) in [4.78, 5) is 8.05. The summed E-state index contributed by atoms with van der Waals surface area (Å²) in [7, 11) is 0. The van der Waals surface area contributed by atoms with Gasteiger partial charge in [0.1, 0.15) is 0 Å². The van der Waals surface area contributed by atoms with Gasteiger partial charge in [-0.3, -0.25) is 0 Å². The second-order valence-corrected chi connectivity index (χ2v) is 4.89. The highest BCUT2D eigenvalue weighted by Crippen LogP contribution is 2.22. The maximum atomic E-state index is 13.9. The molecule has 6 N–H and O–H groups in total. The second-order valence-electron chi connectivity index (χ2n) is 4.89. The molecule has 124 valence electrons. The Morgan fingerprint density at radius 2 is 1.46 bits per heavy atom. The Kier molecular flexibility index (Phi) is 5.39. The Morgan fingerprint density at radius 1 is 0.875 bits per heavy atom. The average Bonchev–Trinajstić information content (AvgIpc) is 2.51. The molecule has 0 saturated heterocycles. The van der Waals surface area contributed by atoms with Crippen LogP contribution in [-0.2, 0) is 0 Å². The molecule has 2 aromatic carbocycles. The number of hydrogen-bond acceptors (Lipinski definition) is 6. The average molecular weight is 347 g/mol. The van der Waals surface area contributed by atoms with Gasteiger partial charge >= 0.3 is 0 Å². The van der Waals surface area contributed by atoms with E-state index in [1.807, 2.05) is 6.07 Å². The van der Waals surface area contributed by atoms with Gasteiger partial charge in [0.2, 0.25) is 5.95 Å². The molecule has 0 amide bonds. The smallest absolute Gasteiger partial charge is 0.229 e. The largest absolute Gasteiger partial charge is 0.399 e. The topological polar surface area (TPSA) is 102 Å². The minimum Gasteiger partial charge on any atom is -0.399 e. The fourth-order valence-corrected chi connectivity index (χ4v) is 2.01. The van der Waals surface area contributed by atoms with E-state index in [9.17, 15) is 4.39 Å². The summed E-state index contributed by atoms with van der Waals surface area (Å²) in [6, 6.07) is 14.1. The predicted octanol–water partition coefficient (Wildman–Crippen LogP) is 3.69. The zero-order valence-electron chi connectivity index (χ0n) is 12.5.